The van der Waals surface area contributed by atoms with Crippen LogP contribution in [0.25, 0.3) is 0 Å². The lowest BCUT2D eigenvalue weighted by Crippen LogP contribution is -2.39. The summed E-state index contributed by atoms with van der Waals surface area (Å²) in [5.41, 5.74) is 2.39. The molecule has 1 aliphatic heterocycles. The highest BCUT2D eigenvalue weighted by Gasteiger charge is 2.56. The molecule has 2 amide bonds. The number of imide groups is 1. The van der Waals surface area contributed by atoms with E-state index in [1.165, 1.54) is 11.0 Å². The lowest BCUT2D eigenvalue weighted by Gasteiger charge is -2.42. The molecule has 0 unspecified atom stereocenters. The van der Waals surface area contributed by atoms with Crippen molar-refractivity contribution in [3.05, 3.63) is 63.2 Å². The van der Waals surface area contributed by atoms with E-state index in [2.05, 4.69) is 15.9 Å². The van der Waals surface area contributed by atoms with E-state index in [1.807, 2.05) is 31.2 Å². The van der Waals surface area contributed by atoms with Gasteiger partial charge in [-0.3, -0.25) is 24.1 Å². The van der Waals surface area contributed by atoms with Gasteiger partial charge in [0.15, 0.2) is 11.6 Å². The molecule has 1 fully saturated rings. The topological polar surface area (TPSA) is 101 Å². The molecule has 182 valence electrons. The summed E-state index contributed by atoms with van der Waals surface area (Å²) in [5.74, 6) is -2.27. The summed E-state index contributed by atoms with van der Waals surface area (Å²) in [6, 6.07) is 7.27. The van der Waals surface area contributed by atoms with E-state index in [-0.39, 0.29) is 53.4 Å². The Hall–Kier alpha value is -2.84. The number of aliphatic hydroxyl groups excluding tert-OH is 1. The molecule has 1 aromatic rings. The number of para-hydroxylation sites is 1. The van der Waals surface area contributed by atoms with Crippen molar-refractivity contribution >= 4 is 39.3 Å². The Morgan fingerprint density at radius 1 is 1.11 bits per heavy atom. The van der Waals surface area contributed by atoms with E-state index >= 15 is 0 Å². The number of Topliss-reactive ketones (excluding diaryl/α,β-unsaturated/α-hetero) is 1. The van der Waals surface area contributed by atoms with Crippen LogP contribution in [0, 0.1) is 17.8 Å². The number of rotatable bonds is 6. The van der Waals surface area contributed by atoms with Gasteiger partial charge in [0, 0.05) is 35.2 Å². The average Bonchev–Trinajstić information content (AvgIpc) is 3.10. The SMILES string of the molecule is CCCN1C(=O)[C@H]2[C@H](CC=C3[C@H](c4ccccc4OCCO)C4=C(C[C@H]32)C(=O)C(Br)=CC4=O)C1=O. The second-order valence-electron chi connectivity index (χ2n) is 9.33. The monoisotopic (exact) mass is 539 g/mol. The van der Waals surface area contributed by atoms with Crippen molar-refractivity contribution in [3.8, 4) is 5.75 Å². The number of carbonyl (C=O) groups is 4. The zero-order valence-electron chi connectivity index (χ0n) is 19.3. The molecule has 0 bridgehead atoms. The average molecular weight is 540 g/mol. The number of ketones is 2. The van der Waals surface area contributed by atoms with Gasteiger partial charge >= 0.3 is 0 Å². The third-order valence-electron chi connectivity index (χ3n) is 7.45. The van der Waals surface area contributed by atoms with Crippen LogP contribution in [0.3, 0.4) is 0 Å². The lowest BCUT2D eigenvalue weighted by atomic mass is 9.59. The van der Waals surface area contributed by atoms with Gasteiger partial charge in [-0.05, 0) is 47.2 Å². The first kappa shape index (κ1) is 23.9. The summed E-state index contributed by atoms with van der Waals surface area (Å²) >= 11 is 3.24. The van der Waals surface area contributed by atoms with Gasteiger partial charge in [-0.15, -0.1) is 0 Å². The molecular weight excluding hydrogens is 514 g/mol. The maximum absolute atomic E-state index is 13.5. The van der Waals surface area contributed by atoms with Crippen LogP contribution in [0.2, 0.25) is 0 Å². The van der Waals surface area contributed by atoms with Gasteiger partial charge in [-0.2, -0.15) is 0 Å². The summed E-state index contributed by atoms with van der Waals surface area (Å²) in [5, 5.41) is 9.30. The van der Waals surface area contributed by atoms with Crippen LogP contribution < -0.4 is 4.74 Å². The van der Waals surface area contributed by atoms with Crippen molar-refractivity contribution in [1.29, 1.82) is 0 Å². The van der Waals surface area contributed by atoms with Gasteiger partial charge in [0.05, 0.1) is 22.9 Å². The smallest absolute Gasteiger partial charge is 0.233 e. The first-order valence-electron chi connectivity index (χ1n) is 12.0. The third-order valence-corrected chi connectivity index (χ3v) is 8.04. The van der Waals surface area contributed by atoms with Crippen molar-refractivity contribution in [2.45, 2.75) is 32.1 Å². The van der Waals surface area contributed by atoms with Crippen LogP contribution >= 0.6 is 15.9 Å². The second-order valence-corrected chi connectivity index (χ2v) is 10.2. The summed E-state index contributed by atoms with van der Waals surface area (Å²) in [6.07, 6.45) is 4.65. The van der Waals surface area contributed by atoms with Crippen LogP contribution in [-0.4, -0.2) is 53.1 Å². The van der Waals surface area contributed by atoms with Crippen LogP contribution in [0.4, 0.5) is 0 Å². The van der Waals surface area contributed by atoms with E-state index < -0.39 is 17.8 Å². The van der Waals surface area contributed by atoms with E-state index in [4.69, 9.17) is 4.74 Å². The number of fused-ring (bicyclic) bond motifs is 3. The van der Waals surface area contributed by atoms with Crippen molar-refractivity contribution in [3.63, 3.8) is 0 Å². The standard InChI is InChI=1S/C27H26BrNO6/c1-2-9-29-26(33)16-8-7-14-17(23(16)27(29)34)12-18-24(20(31)13-19(28)25(18)32)22(14)15-5-3-4-6-21(15)35-11-10-30/h3-7,13,16-17,22-23,30H,2,8-12H2,1H3/t16-,17+,22+,23-/m0/s1. The fourth-order valence-electron chi connectivity index (χ4n) is 6.08. The number of aliphatic hydroxyl groups is 1. The zero-order valence-corrected chi connectivity index (χ0v) is 20.9. The molecule has 1 N–H and O–H groups in total. The number of hydrogen-bond donors (Lipinski definition) is 1. The van der Waals surface area contributed by atoms with Gasteiger partial charge in [0.2, 0.25) is 11.8 Å². The van der Waals surface area contributed by atoms with Gasteiger partial charge in [-0.25, -0.2) is 0 Å². The maximum atomic E-state index is 13.5. The predicted molar refractivity (Wildman–Crippen MR) is 131 cm³/mol. The van der Waals surface area contributed by atoms with Crippen LogP contribution in [-0.2, 0) is 19.2 Å². The zero-order chi connectivity index (χ0) is 24.9. The summed E-state index contributed by atoms with van der Waals surface area (Å²) in [6.45, 7) is 2.23. The Labute approximate surface area is 211 Å². The molecule has 5 rings (SSSR count). The van der Waals surface area contributed by atoms with Gasteiger partial charge in [0.25, 0.3) is 0 Å². The normalized spacial score (nSPS) is 27.9. The molecule has 0 saturated carbocycles. The van der Waals surface area contributed by atoms with Gasteiger partial charge in [0.1, 0.15) is 12.4 Å². The summed E-state index contributed by atoms with van der Waals surface area (Å²) in [4.78, 5) is 54.4. The van der Waals surface area contributed by atoms with Crippen LogP contribution in [0.5, 0.6) is 5.75 Å². The molecule has 3 aliphatic carbocycles. The number of carbonyl (C=O) groups excluding carboxylic acids is 4. The minimum absolute atomic E-state index is 0.0834. The lowest BCUT2D eigenvalue weighted by molar-refractivity contribution is -0.140. The van der Waals surface area contributed by atoms with Crippen molar-refractivity contribution in [2.24, 2.45) is 17.8 Å². The molecule has 0 aromatic heterocycles. The number of likely N-dealkylation sites (tertiary alicyclic amines) is 1. The van der Waals surface area contributed by atoms with Crippen LogP contribution in [0.15, 0.2) is 57.6 Å². The maximum Gasteiger partial charge on any atom is 0.233 e. The van der Waals surface area contributed by atoms with Crippen molar-refractivity contribution in [1.82, 2.24) is 4.90 Å². The fraction of sp³-hybridized carbons (Fsp3) is 0.407. The molecule has 1 saturated heterocycles. The van der Waals surface area contributed by atoms with E-state index in [9.17, 15) is 24.3 Å². The van der Waals surface area contributed by atoms with Crippen molar-refractivity contribution < 1.29 is 29.0 Å². The number of amides is 2. The Balaban J connectivity index is 1.67. The molecule has 4 aliphatic rings. The third kappa shape index (κ3) is 3.74. The van der Waals surface area contributed by atoms with Gasteiger partial charge in [-0.1, -0.05) is 36.8 Å². The first-order valence-corrected chi connectivity index (χ1v) is 12.7. The molecule has 0 radical (unpaired) electrons. The number of ether oxygens (including phenoxy) is 1. The number of allylic oxidation sites excluding steroid dienone is 6. The summed E-state index contributed by atoms with van der Waals surface area (Å²) in [7, 11) is 0. The highest BCUT2D eigenvalue weighted by atomic mass is 79.9. The quantitative estimate of drug-likeness (QED) is 0.338. The minimum atomic E-state index is -0.573. The second kappa shape index (κ2) is 9.32. The number of hydrogen-bond acceptors (Lipinski definition) is 6. The Morgan fingerprint density at radius 2 is 1.89 bits per heavy atom. The molecule has 7 nitrogen and oxygen atoms in total. The van der Waals surface area contributed by atoms with Gasteiger partial charge < -0.3 is 9.84 Å². The largest absolute Gasteiger partial charge is 0.491 e. The molecule has 8 heteroatoms. The Kier molecular flexibility index (Phi) is 6.36. The Bertz CT molecular complexity index is 1230. The molecule has 4 atom stereocenters. The fourth-order valence-corrected chi connectivity index (χ4v) is 6.52. The Morgan fingerprint density at radius 3 is 2.63 bits per heavy atom. The van der Waals surface area contributed by atoms with E-state index in [0.29, 0.717) is 41.8 Å². The molecular formula is C27H26BrNO6. The van der Waals surface area contributed by atoms with Crippen molar-refractivity contribution in [2.75, 3.05) is 19.8 Å². The van der Waals surface area contributed by atoms with E-state index in [0.717, 1.165) is 5.57 Å². The number of halogens is 1. The van der Waals surface area contributed by atoms with Crippen LogP contribution in [0.1, 0.15) is 37.7 Å². The summed E-state index contributed by atoms with van der Waals surface area (Å²) < 4.78 is 6.01. The predicted octanol–water partition coefficient (Wildman–Crippen LogP) is 3.23. The molecule has 1 heterocycles. The molecule has 1 aromatic carbocycles. The number of benzene rings is 1. The molecule has 35 heavy (non-hydrogen) atoms. The van der Waals surface area contributed by atoms with E-state index in [1.54, 1.807) is 6.07 Å². The molecule has 0 spiro atoms. The first-order chi connectivity index (χ1) is 16.9. The highest BCUT2D eigenvalue weighted by Crippen LogP contribution is 2.56. The highest BCUT2D eigenvalue weighted by molar-refractivity contribution is 9.12. The minimum Gasteiger partial charge on any atom is -0.491 e. The number of nitrogens with zero attached hydrogens (tertiary/aromatic N) is 1.